The first kappa shape index (κ1) is 17.4. The van der Waals surface area contributed by atoms with Crippen LogP contribution in [0.5, 0.6) is 0 Å². The molecule has 1 heterocycles. The van der Waals surface area contributed by atoms with Crippen LogP contribution < -0.4 is 5.32 Å². The van der Waals surface area contributed by atoms with Crippen LogP contribution in [-0.4, -0.2) is 18.4 Å². The number of hydrogen-bond donors (Lipinski definition) is 1. The van der Waals surface area contributed by atoms with Crippen LogP contribution >= 0.6 is 0 Å². The highest BCUT2D eigenvalue weighted by molar-refractivity contribution is 6.01. The monoisotopic (exact) mass is 353 g/mol. The first-order valence-corrected chi connectivity index (χ1v) is 7.88. The van der Waals surface area contributed by atoms with Gasteiger partial charge in [-0.15, -0.1) is 0 Å². The van der Waals surface area contributed by atoms with E-state index in [0.29, 0.717) is 36.3 Å². The quantitative estimate of drug-likeness (QED) is 0.825. The molecule has 2 aromatic rings. The second-order valence-corrected chi connectivity index (χ2v) is 5.91. The maximum absolute atomic E-state index is 13.2. The maximum atomic E-state index is 13.2. The number of oxime groups is 1. The number of hydrogen-bond acceptors (Lipinski definition) is 2. The lowest BCUT2D eigenvalue weighted by Crippen LogP contribution is -2.84. The molecule has 25 heavy (non-hydrogen) atoms. The van der Waals surface area contributed by atoms with E-state index < -0.39 is 11.7 Å². The minimum absolute atomic E-state index is 0.177. The van der Waals surface area contributed by atoms with E-state index in [1.165, 1.54) is 18.2 Å². The van der Waals surface area contributed by atoms with Crippen molar-refractivity contribution in [2.24, 2.45) is 5.16 Å². The molecule has 0 bridgehead atoms. The molecule has 132 valence electrons. The van der Waals surface area contributed by atoms with Gasteiger partial charge in [-0.3, -0.25) is 0 Å². The SMILES string of the molecule is Fc1cccc(C2=NO[C@H](C[NH2+]Cc3cccc(C(F)(F)F)c3)C2)c1. The number of benzene rings is 2. The first-order valence-electron chi connectivity index (χ1n) is 7.88. The van der Waals surface area contributed by atoms with E-state index in [4.69, 9.17) is 4.84 Å². The van der Waals surface area contributed by atoms with Crippen molar-refractivity contribution in [3.8, 4) is 0 Å². The van der Waals surface area contributed by atoms with E-state index in [0.717, 1.165) is 12.1 Å². The number of quaternary nitrogens is 1. The van der Waals surface area contributed by atoms with Crippen LogP contribution in [0.4, 0.5) is 17.6 Å². The van der Waals surface area contributed by atoms with E-state index in [1.54, 1.807) is 18.2 Å². The van der Waals surface area contributed by atoms with Crippen LogP contribution in [0.25, 0.3) is 0 Å². The van der Waals surface area contributed by atoms with Gasteiger partial charge >= 0.3 is 6.18 Å². The van der Waals surface area contributed by atoms with Gasteiger partial charge in [-0.05, 0) is 24.3 Å². The van der Waals surface area contributed by atoms with Crippen molar-refractivity contribution < 1.29 is 27.7 Å². The van der Waals surface area contributed by atoms with Gasteiger partial charge in [-0.25, -0.2) is 4.39 Å². The Balaban J connectivity index is 1.50. The Bertz CT molecular complexity index is 774. The Morgan fingerprint density at radius 1 is 1.12 bits per heavy atom. The van der Waals surface area contributed by atoms with Crippen molar-refractivity contribution in [3.63, 3.8) is 0 Å². The molecule has 0 fully saturated rings. The second-order valence-electron chi connectivity index (χ2n) is 5.91. The predicted molar refractivity (Wildman–Crippen MR) is 84.4 cm³/mol. The first-order chi connectivity index (χ1) is 11.9. The molecule has 2 N–H and O–H groups in total. The standard InChI is InChI=1S/C18H16F4N2O/c19-15-6-2-4-13(8-15)17-9-16(25-24-17)11-23-10-12-3-1-5-14(7-12)18(20,21)22/h1-8,16,23H,9-11H2/p+1/t16-/m0/s1. The van der Waals surface area contributed by atoms with E-state index >= 15 is 0 Å². The van der Waals surface area contributed by atoms with E-state index in [9.17, 15) is 17.6 Å². The number of alkyl halides is 3. The molecule has 0 unspecified atom stereocenters. The Hall–Kier alpha value is -2.41. The van der Waals surface area contributed by atoms with Gasteiger partial charge in [-0.2, -0.15) is 13.2 Å². The minimum atomic E-state index is -4.34. The van der Waals surface area contributed by atoms with Crippen LogP contribution in [-0.2, 0) is 17.6 Å². The molecule has 1 aliphatic rings. The zero-order valence-electron chi connectivity index (χ0n) is 13.3. The Kier molecular flexibility index (Phi) is 5.03. The van der Waals surface area contributed by atoms with Crippen LogP contribution in [0.2, 0.25) is 0 Å². The molecule has 2 aromatic carbocycles. The third-order valence-corrected chi connectivity index (χ3v) is 3.95. The van der Waals surface area contributed by atoms with Gasteiger partial charge in [0.1, 0.15) is 18.9 Å². The van der Waals surface area contributed by atoms with E-state index in [-0.39, 0.29) is 11.9 Å². The average Bonchev–Trinajstić information content (AvgIpc) is 3.03. The lowest BCUT2D eigenvalue weighted by Gasteiger charge is -2.09. The lowest BCUT2D eigenvalue weighted by atomic mass is 10.0. The highest BCUT2D eigenvalue weighted by Gasteiger charge is 2.30. The van der Waals surface area contributed by atoms with Crippen molar-refractivity contribution in [2.45, 2.75) is 25.2 Å². The van der Waals surface area contributed by atoms with Gasteiger partial charge in [0, 0.05) is 17.5 Å². The highest BCUT2D eigenvalue weighted by atomic mass is 19.4. The normalized spacial score (nSPS) is 17.3. The minimum Gasteiger partial charge on any atom is -0.386 e. The molecule has 0 aliphatic carbocycles. The molecule has 3 rings (SSSR count). The molecule has 7 heteroatoms. The third-order valence-electron chi connectivity index (χ3n) is 3.95. The topological polar surface area (TPSA) is 38.2 Å². The largest absolute Gasteiger partial charge is 0.416 e. The van der Waals surface area contributed by atoms with E-state index in [2.05, 4.69) is 5.16 Å². The number of halogens is 4. The summed E-state index contributed by atoms with van der Waals surface area (Å²) in [6.45, 7) is 0.970. The van der Waals surface area contributed by atoms with Gasteiger partial charge in [0.25, 0.3) is 0 Å². The van der Waals surface area contributed by atoms with Gasteiger partial charge in [0.05, 0.1) is 11.3 Å². The van der Waals surface area contributed by atoms with Crippen LogP contribution in [0, 0.1) is 5.82 Å². The van der Waals surface area contributed by atoms with Crippen molar-refractivity contribution in [3.05, 3.63) is 71.0 Å². The summed E-state index contributed by atoms with van der Waals surface area (Å²) in [6, 6.07) is 11.4. The van der Waals surface area contributed by atoms with E-state index in [1.807, 2.05) is 5.32 Å². The summed E-state index contributed by atoms with van der Waals surface area (Å²) in [7, 11) is 0. The van der Waals surface area contributed by atoms with Gasteiger partial charge in [-0.1, -0.05) is 29.4 Å². The molecular weight excluding hydrogens is 336 g/mol. The summed E-state index contributed by atoms with van der Waals surface area (Å²) < 4.78 is 51.3. The molecular formula is C18H17F4N2O+. The number of rotatable bonds is 5. The number of nitrogens with zero attached hydrogens (tertiary/aromatic N) is 1. The van der Waals surface area contributed by atoms with Gasteiger partial charge < -0.3 is 10.2 Å². The Morgan fingerprint density at radius 2 is 1.92 bits per heavy atom. The predicted octanol–water partition coefficient (Wildman–Crippen LogP) is 3.10. The smallest absolute Gasteiger partial charge is 0.386 e. The fraction of sp³-hybridized carbons (Fsp3) is 0.278. The summed E-state index contributed by atoms with van der Waals surface area (Å²) in [5.41, 5.74) is 1.31. The summed E-state index contributed by atoms with van der Waals surface area (Å²) in [5.74, 6) is -0.334. The number of nitrogens with two attached hydrogens (primary N) is 1. The summed E-state index contributed by atoms with van der Waals surface area (Å²) in [4.78, 5) is 5.33. The molecule has 3 nitrogen and oxygen atoms in total. The van der Waals surface area contributed by atoms with Gasteiger partial charge in [0.2, 0.25) is 0 Å². The Labute approximate surface area is 142 Å². The summed E-state index contributed by atoms with van der Waals surface area (Å²) >= 11 is 0. The second kappa shape index (κ2) is 7.23. The lowest BCUT2D eigenvalue weighted by molar-refractivity contribution is -0.676. The molecule has 0 saturated carbocycles. The summed E-state index contributed by atoms with van der Waals surface area (Å²) in [5, 5.41) is 5.86. The maximum Gasteiger partial charge on any atom is 0.416 e. The van der Waals surface area contributed by atoms with Crippen LogP contribution in [0.15, 0.2) is 53.7 Å². The van der Waals surface area contributed by atoms with Crippen LogP contribution in [0.3, 0.4) is 0 Å². The molecule has 0 radical (unpaired) electrons. The molecule has 0 aromatic heterocycles. The highest BCUT2D eigenvalue weighted by Crippen LogP contribution is 2.29. The molecule has 0 saturated heterocycles. The fourth-order valence-corrected chi connectivity index (χ4v) is 2.70. The van der Waals surface area contributed by atoms with Crippen molar-refractivity contribution in [2.75, 3.05) is 6.54 Å². The molecule has 0 amide bonds. The zero-order valence-corrected chi connectivity index (χ0v) is 13.3. The molecule has 1 aliphatic heterocycles. The third kappa shape index (κ3) is 4.57. The van der Waals surface area contributed by atoms with Gasteiger partial charge in [0.15, 0.2) is 6.10 Å². The summed E-state index contributed by atoms with van der Waals surface area (Å²) in [6.07, 6.45) is -3.97. The molecule has 0 spiro atoms. The zero-order chi connectivity index (χ0) is 17.9. The fourth-order valence-electron chi connectivity index (χ4n) is 2.70. The average molecular weight is 353 g/mol. The van der Waals surface area contributed by atoms with Crippen molar-refractivity contribution >= 4 is 5.71 Å². The van der Waals surface area contributed by atoms with Crippen LogP contribution in [0.1, 0.15) is 23.1 Å². The Morgan fingerprint density at radius 3 is 2.68 bits per heavy atom. The van der Waals surface area contributed by atoms with Crippen molar-refractivity contribution in [1.82, 2.24) is 0 Å². The van der Waals surface area contributed by atoms with Crippen molar-refractivity contribution in [1.29, 1.82) is 0 Å². The molecule has 1 atom stereocenters.